The van der Waals surface area contributed by atoms with Gasteiger partial charge in [-0.25, -0.2) is 4.39 Å². The normalized spacial score (nSPS) is 21.2. The van der Waals surface area contributed by atoms with E-state index in [0.717, 1.165) is 31.5 Å². The van der Waals surface area contributed by atoms with Gasteiger partial charge in [0.15, 0.2) is 0 Å². The average molecular weight is 314 g/mol. The highest BCUT2D eigenvalue weighted by molar-refractivity contribution is 6.30. The Morgan fingerprint density at radius 3 is 3.00 bits per heavy atom. The Morgan fingerprint density at radius 1 is 1.57 bits per heavy atom. The number of hydrogen-bond donors (Lipinski definition) is 1. The minimum atomic E-state index is -0.737. The van der Waals surface area contributed by atoms with Crippen molar-refractivity contribution in [3.05, 3.63) is 34.6 Å². The molecule has 0 bridgehead atoms. The van der Waals surface area contributed by atoms with Crippen LogP contribution in [0.2, 0.25) is 5.02 Å². The zero-order valence-electron chi connectivity index (χ0n) is 12.2. The molecule has 1 N–H and O–H groups in total. The first-order valence-corrected chi connectivity index (χ1v) is 7.71. The predicted molar refractivity (Wildman–Crippen MR) is 80.8 cm³/mol. The number of piperidine rings is 1. The Labute approximate surface area is 129 Å². The molecule has 2 unspecified atom stereocenters. The van der Waals surface area contributed by atoms with Gasteiger partial charge in [-0.3, -0.25) is 9.69 Å². The van der Waals surface area contributed by atoms with Crippen LogP contribution >= 0.6 is 11.6 Å². The van der Waals surface area contributed by atoms with Crippen LogP contribution in [0.3, 0.4) is 0 Å². The maximum absolute atomic E-state index is 13.5. The van der Waals surface area contributed by atoms with Crippen LogP contribution in [0.1, 0.15) is 31.7 Å². The van der Waals surface area contributed by atoms with Crippen molar-refractivity contribution in [3.63, 3.8) is 0 Å². The summed E-state index contributed by atoms with van der Waals surface area (Å²) < 4.78 is 13.5. The van der Waals surface area contributed by atoms with Crippen molar-refractivity contribution in [2.75, 3.05) is 13.1 Å². The Balaban J connectivity index is 1.94. The first kappa shape index (κ1) is 16.2. The quantitative estimate of drug-likeness (QED) is 0.899. The molecule has 3 nitrogen and oxygen atoms in total. The van der Waals surface area contributed by atoms with E-state index in [1.165, 1.54) is 6.07 Å². The van der Waals surface area contributed by atoms with Gasteiger partial charge < -0.3 is 5.11 Å². The Morgan fingerprint density at radius 2 is 2.33 bits per heavy atom. The van der Waals surface area contributed by atoms with Crippen LogP contribution in [0.4, 0.5) is 4.39 Å². The lowest BCUT2D eigenvalue weighted by Crippen LogP contribution is -2.37. The molecule has 1 aromatic rings. The summed E-state index contributed by atoms with van der Waals surface area (Å²) in [6.45, 7) is 4.54. The van der Waals surface area contributed by atoms with Gasteiger partial charge in [-0.1, -0.05) is 24.6 Å². The summed E-state index contributed by atoms with van der Waals surface area (Å²) >= 11 is 5.69. The van der Waals surface area contributed by atoms with E-state index in [4.69, 9.17) is 16.7 Å². The summed E-state index contributed by atoms with van der Waals surface area (Å²) in [4.78, 5) is 13.1. The fourth-order valence-corrected chi connectivity index (χ4v) is 3.16. The van der Waals surface area contributed by atoms with Crippen molar-refractivity contribution < 1.29 is 14.3 Å². The summed E-state index contributed by atoms with van der Waals surface area (Å²) in [5.41, 5.74) is 0.906. The number of likely N-dealkylation sites (tertiary alicyclic amines) is 1. The summed E-state index contributed by atoms with van der Waals surface area (Å²) in [7, 11) is 0. The Kier molecular flexibility index (Phi) is 5.59. The van der Waals surface area contributed by atoms with Crippen LogP contribution in [0.15, 0.2) is 18.2 Å². The summed E-state index contributed by atoms with van der Waals surface area (Å²) in [5, 5.41) is 9.05. The van der Waals surface area contributed by atoms with Gasteiger partial charge in [-0.2, -0.15) is 0 Å². The monoisotopic (exact) mass is 313 g/mol. The molecular weight excluding hydrogens is 293 g/mol. The molecule has 0 spiro atoms. The minimum absolute atomic E-state index is 0.144. The predicted octanol–water partition coefficient (Wildman–Crippen LogP) is 3.80. The molecule has 1 fully saturated rings. The highest BCUT2D eigenvalue weighted by Gasteiger charge is 2.26. The molecular formula is C16H21ClFNO2. The number of halogens is 2. The van der Waals surface area contributed by atoms with E-state index in [1.54, 1.807) is 6.07 Å². The van der Waals surface area contributed by atoms with Gasteiger partial charge in [0, 0.05) is 19.5 Å². The van der Waals surface area contributed by atoms with Crippen LogP contribution in [-0.4, -0.2) is 29.1 Å². The molecule has 1 saturated heterocycles. The summed E-state index contributed by atoms with van der Waals surface area (Å²) in [6.07, 6.45) is 2.35. The molecule has 1 aliphatic rings. The van der Waals surface area contributed by atoms with Crippen LogP contribution in [-0.2, 0) is 11.3 Å². The third-order valence-electron chi connectivity index (χ3n) is 4.23. The average Bonchev–Trinajstić information content (AvgIpc) is 2.42. The fourth-order valence-electron chi connectivity index (χ4n) is 3.04. The largest absolute Gasteiger partial charge is 0.481 e. The van der Waals surface area contributed by atoms with Crippen LogP contribution in [0, 0.1) is 17.7 Å². The second-order valence-electron chi connectivity index (χ2n) is 5.96. The fraction of sp³-hybridized carbons (Fsp3) is 0.562. The number of benzene rings is 1. The zero-order valence-corrected chi connectivity index (χ0v) is 12.9. The smallest absolute Gasteiger partial charge is 0.303 e. The topological polar surface area (TPSA) is 40.5 Å². The number of hydrogen-bond acceptors (Lipinski definition) is 2. The molecule has 21 heavy (non-hydrogen) atoms. The number of nitrogens with zero attached hydrogens (tertiary/aromatic N) is 1. The van der Waals surface area contributed by atoms with Gasteiger partial charge >= 0.3 is 5.97 Å². The molecule has 1 aliphatic heterocycles. The van der Waals surface area contributed by atoms with Crippen molar-refractivity contribution in [2.24, 2.45) is 11.8 Å². The number of aliphatic carboxylic acids is 1. The molecule has 2 rings (SSSR count). The minimum Gasteiger partial charge on any atom is -0.481 e. The summed E-state index contributed by atoms with van der Waals surface area (Å²) in [5.74, 6) is -0.555. The van der Waals surface area contributed by atoms with Crippen molar-refractivity contribution in [2.45, 2.75) is 32.7 Å². The first-order chi connectivity index (χ1) is 9.95. The first-order valence-electron chi connectivity index (χ1n) is 7.33. The van der Waals surface area contributed by atoms with Gasteiger partial charge in [0.1, 0.15) is 5.82 Å². The van der Waals surface area contributed by atoms with Crippen molar-refractivity contribution in [1.82, 2.24) is 4.90 Å². The van der Waals surface area contributed by atoms with Crippen LogP contribution in [0.5, 0.6) is 0 Å². The molecule has 1 aromatic carbocycles. The second-order valence-corrected chi connectivity index (χ2v) is 6.37. The Hall–Kier alpha value is -1.13. The molecule has 0 amide bonds. The highest BCUT2D eigenvalue weighted by atomic mass is 35.5. The standard InChI is InChI=1S/C16H21ClFNO2/c1-11(7-16(20)21)13-3-2-6-19(10-13)9-12-4-5-14(17)15(18)8-12/h4-5,8,11,13H,2-3,6-7,9-10H2,1H3,(H,20,21). The maximum Gasteiger partial charge on any atom is 0.303 e. The SMILES string of the molecule is CC(CC(=O)O)C1CCCN(Cc2ccc(Cl)c(F)c2)C1. The molecule has 1 heterocycles. The lowest BCUT2D eigenvalue weighted by Gasteiger charge is -2.35. The number of carboxylic acids is 1. The van der Waals surface area contributed by atoms with Crippen LogP contribution < -0.4 is 0 Å². The molecule has 2 atom stereocenters. The Bertz CT molecular complexity index is 509. The molecule has 0 radical (unpaired) electrons. The molecule has 0 aromatic heterocycles. The lowest BCUT2D eigenvalue weighted by molar-refractivity contribution is -0.138. The van der Waals surface area contributed by atoms with Gasteiger partial charge in [-0.05, 0) is 48.9 Å². The van der Waals surface area contributed by atoms with Crippen molar-refractivity contribution in [1.29, 1.82) is 0 Å². The molecule has 5 heteroatoms. The third-order valence-corrected chi connectivity index (χ3v) is 4.54. The second kappa shape index (κ2) is 7.23. The van der Waals surface area contributed by atoms with Gasteiger partial charge in [-0.15, -0.1) is 0 Å². The van der Waals surface area contributed by atoms with Crippen LogP contribution in [0.25, 0.3) is 0 Å². The van der Waals surface area contributed by atoms with E-state index in [2.05, 4.69) is 4.90 Å². The van der Waals surface area contributed by atoms with Gasteiger partial charge in [0.05, 0.1) is 5.02 Å². The third kappa shape index (κ3) is 4.68. The van der Waals surface area contributed by atoms with E-state index < -0.39 is 5.97 Å². The van der Waals surface area contributed by atoms with E-state index in [1.807, 2.05) is 13.0 Å². The summed E-state index contributed by atoms with van der Waals surface area (Å²) in [6, 6.07) is 4.91. The molecule has 0 aliphatic carbocycles. The van der Waals surface area contributed by atoms with E-state index in [9.17, 15) is 9.18 Å². The van der Waals surface area contributed by atoms with E-state index in [0.29, 0.717) is 12.5 Å². The van der Waals surface area contributed by atoms with Gasteiger partial charge in [0.25, 0.3) is 0 Å². The highest BCUT2D eigenvalue weighted by Crippen LogP contribution is 2.27. The number of carbonyl (C=O) groups is 1. The lowest BCUT2D eigenvalue weighted by atomic mass is 9.84. The van der Waals surface area contributed by atoms with Crippen molar-refractivity contribution >= 4 is 17.6 Å². The van der Waals surface area contributed by atoms with Crippen molar-refractivity contribution in [3.8, 4) is 0 Å². The van der Waals surface area contributed by atoms with Gasteiger partial charge in [0.2, 0.25) is 0 Å². The maximum atomic E-state index is 13.5. The van der Waals surface area contributed by atoms with E-state index in [-0.39, 0.29) is 23.2 Å². The molecule has 116 valence electrons. The van der Waals surface area contributed by atoms with E-state index >= 15 is 0 Å². The number of carboxylic acid groups (broad SMARTS) is 1. The molecule has 0 saturated carbocycles. The zero-order chi connectivity index (χ0) is 15.4. The number of rotatable bonds is 5.